The number of nitrogens with zero attached hydrogens (tertiary/aromatic N) is 10. The molecule has 9 heterocycles. The summed E-state index contributed by atoms with van der Waals surface area (Å²) in [6.07, 6.45) is 11.4. The van der Waals surface area contributed by atoms with Gasteiger partial charge in [-0.25, -0.2) is 4.98 Å². The van der Waals surface area contributed by atoms with Crippen molar-refractivity contribution in [2.75, 3.05) is 0 Å². The Hall–Kier alpha value is -10.2. The van der Waals surface area contributed by atoms with E-state index in [0.717, 1.165) is 121 Å². The third kappa shape index (κ3) is 19.8. The number of imidazole rings is 5. The van der Waals surface area contributed by atoms with Crippen molar-refractivity contribution in [2.24, 2.45) is 27.1 Å². The zero-order valence-electron chi connectivity index (χ0n) is 83.0. The molecule has 0 atom stereocenters. The van der Waals surface area contributed by atoms with E-state index in [1.807, 2.05) is 72.9 Å². The second-order valence-corrected chi connectivity index (χ2v) is 44.1. The predicted molar refractivity (Wildman–Crippen MR) is 556 cm³/mol. The minimum Gasteiger partial charge on any atom is -0.333 e. The summed E-state index contributed by atoms with van der Waals surface area (Å²) in [4.78, 5) is 24.7. The molecular weight excluding hydrogens is 2360 g/mol. The fourth-order valence-corrected chi connectivity index (χ4v) is 20.5. The molecule has 14 heteroatoms. The predicted octanol–water partition coefficient (Wildman–Crippen LogP) is 32.1. The van der Waals surface area contributed by atoms with Gasteiger partial charge in [-0.2, -0.15) is 0 Å². The zero-order chi connectivity index (χ0) is 92.6. The van der Waals surface area contributed by atoms with Gasteiger partial charge in [-0.15, -0.1) is 113 Å². The van der Waals surface area contributed by atoms with E-state index in [4.69, 9.17) is 24.9 Å². The molecule has 0 saturated heterocycles. The van der Waals surface area contributed by atoms with Gasteiger partial charge < -0.3 is 22.0 Å². The number of hydrogen-bond acceptors (Lipinski definition) is 5. The van der Waals surface area contributed by atoms with Gasteiger partial charge in [-0.05, 0) is 236 Å². The number of pyridine rings is 3. The van der Waals surface area contributed by atoms with Crippen LogP contribution in [0.5, 0.6) is 0 Å². The van der Waals surface area contributed by atoms with Crippen molar-refractivity contribution in [3.8, 4) is 33.8 Å². The number of aromatic nitrogens is 10. The molecule has 0 amide bonds. The molecule has 4 radical (unpaired) electrons. The minimum atomic E-state index is 0. The van der Waals surface area contributed by atoms with Crippen LogP contribution in [0.1, 0.15) is 230 Å². The number of hydrogen-bond donors (Lipinski definition) is 0. The van der Waals surface area contributed by atoms with Crippen molar-refractivity contribution in [1.82, 2.24) is 46.9 Å². The van der Waals surface area contributed by atoms with Gasteiger partial charge in [0.1, 0.15) is 0 Å². The number of aryl methyl sites for hydroxylation is 4. The van der Waals surface area contributed by atoms with Crippen molar-refractivity contribution >= 4 is 126 Å². The maximum absolute atomic E-state index is 5.15. The summed E-state index contributed by atoms with van der Waals surface area (Å²) in [6.45, 7) is 57.7. The first-order valence-electron chi connectivity index (χ1n) is 47.2. The molecule has 0 unspecified atom stereocenters. The van der Waals surface area contributed by atoms with E-state index in [9.17, 15) is 0 Å². The van der Waals surface area contributed by atoms with E-state index in [0.29, 0.717) is 17.8 Å². The molecule has 135 heavy (non-hydrogen) atoms. The average Bonchev–Trinajstić information content (AvgIpc) is 1.59. The number of para-hydroxylation sites is 4. The van der Waals surface area contributed by atoms with Gasteiger partial charge in [0.05, 0.1) is 61.7 Å². The first kappa shape index (κ1) is 101. The molecule has 0 aliphatic carbocycles. The fourth-order valence-electron chi connectivity index (χ4n) is 20.5. The average molecular weight is 2490 g/mol. The zero-order valence-corrected chi connectivity index (χ0v) is 92.6. The summed E-state index contributed by atoms with van der Waals surface area (Å²) in [6, 6.07) is 90.1. The Morgan fingerprint density at radius 3 is 1.03 bits per heavy atom. The molecule has 0 spiro atoms. The maximum Gasteiger partial charge on any atom is 0.204 e. The quantitative estimate of drug-likeness (QED) is 0.0951. The van der Waals surface area contributed by atoms with Crippen molar-refractivity contribution < 1.29 is 80.4 Å². The van der Waals surface area contributed by atoms with Gasteiger partial charge in [0.15, 0.2) is 0 Å². The van der Waals surface area contributed by atoms with Crippen LogP contribution in [0.2, 0.25) is 0 Å². The molecule has 21 aromatic rings. The van der Waals surface area contributed by atoms with E-state index in [1.54, 1.807) is 0 Å². The van der Waals surface area contributed by atoms with Crippen LogP contribution in [0.15, 0.2) is 231 Å². The van der Waals surface area contributed by atoms with Crippen LogP contribution in [0.3, 0.4) is 0 Å². The summed E-state index contributed by atoms with van der Waals surface area (Å²) in [7, 11) is 0. The molecular formula is C121H126Ir4N10-4. The summed E-state index contributed by atoms with van der Waals surface area (Å²) in [5.41, 5.74) is 37.7. The molecule has 0 aliphatic rings. The Morgan fingerprint density at radius 1 is 0.281 bits per heavy atom. The van der Waals surface area contributed by atoms with E-state index in [1.165, 1.54) is 138 Å². The van der Waals surface area contributed by atoms with Crippen LogP contribution in [-0.2, 0) is 113 Å². The topological polar surface area (TPSA) is 86.5 Å². The monoisotopic (exact) mass is 2490 g/mol. The summed E-state index contributed by atoms with van der Waals surface area (Å²) in [5, 5.41) is 11.8. The Morgan fingerprint density at radius 2 is 0.630 bits per heavy atom. The molecule has 21 rings (SSSR count). The molecule has 0 aliphatic heterocycles. The first-order chi connectivity index (χ1) is 62.2. The third-order valence-corrected chi connectivity index (χ3v) is 25.9. The second-order valence-electron chi connectivity index (χ2n) is 44.1. The molecule has 0 fully saturated rings. The van der Waals surface area contributed by atoms with Crippen LogP contribution < -0.4 is 0 Å². The van der Waals surface area contributed by atoms with E-state index in [-0.39, 0.29) is 107 Å². The van der Waals surface area contributed by atoms with Crippen molar-refractivity contribution in [3.63, 3.8) is 0 Å². The standard InChI is InChI=1S/C40H51N2.C33H37N2.C28H27N2.C20H11N4.4Ir/c1-24(2)27-17-32(25(3)4)37(33(18-27)26(5)6)36-23-41-38-31-16-14-13-15-30(31)34-19-28(21-39(7,8)9)29(22-40(10,11)12)20-35(34)42(36)38;1-21-12-11-13-22(2)30(21)29-20-34-31-26-15-10-9-14-25(26)27-16-23(18-32(3,4)5)24(19-33(6,7)8)17-28(27)35(29)31;1-18-9-8-10-19(2)26(18)25-17-29-27-22-12-7-6-11-21(22)23-15-20(16-28(3,4)5)13-14-24(23)30(25)27;1-4-10-16-13(7-1)19-21-14-8-2-6-12-18(14)24(19)20-22-15-9-3-5-11-17(15)23(16)20;;;;/h13-15,17-20,23-26H,21-22H2,1-12H3;9-14,16-17,20H,18-19H2,1-8H3;6-11,13-15,17H,16H2,1-5H3;1-6,8-12H;;;;/q4*-1;;;;. The van der Waals surface area contributed by atoms with Crippen molar-refractivity contribution in [2.45, 2.75) is 223 Å². The van der Waals surface area contributed by atoms with Crippen molar-refractivity contribution in [1.29, 1.82) is 0 Å². The van der Waals surface area contributed by atoms with Gasteiger partial charge in [0.25, 0.3) is 0 Å². The van der Waals surface area contributed by atoms with Crippen LogP contribution in [0, 0.1) is 79.0 Å². The van der Waals surface area contributed by atoms with E-state index < -0.39 is 0 Å². The SMILES string of the molecule is CC(C)c1cc(C(C)C)c(-c2cnc3c4[c-]cccc4c4cc(CC(C)(C)C)c(CC(C)(C)C)cc4n23)c(C(C)C)c1.Cc1cccc(C)c1-c1cnc2c3[c-]cccc3c3cc(CC(C)(C)C)c(CC(C)(C)C)cc3n12.Cc1cccc(C)c1-c1cnc2c3[c-]cccc3c3cc(CC(C)(C)C)ccc3n12.[Ir].[Ir].[Ir].[Ir].[c-]1cccc2c1c1nc3ccccc3n1c1nc3ccccc3n21. The third-order valence-electron chi connectivity index (χ3n) is 25.9. The van der Waals surface area contributed by atoms with Gasteiger partial charge in [-0.1, -0.05) is 264 Å². The van der Waals surface area contributed by atoms with Gasteiger partial charge in [0.2, 0.25) is 5.78 Å². The summed E-state index contributed by atoms with van der Waals surface area (Å²) >= 11 is 0. The number of fused-ring (bicyclic) bond motifs is 28. The molecule has 12 aromatic carbocycles. The molecule has 9 aromatic heterocycles. The minimum absolute atomic E-state index is 0. The Kier molecular flexibility index (Phi) is 29.1. The fraction of sp³-hybridized carbons (Fsp3) is 0.314. The second kappa shape index (κ2) is 39.0. The smallest absolute Gasteiger partial charge is 0.204 e. The molecule has 0 bridgehead atoms. The van der Waals surface area contributed by atoms with Crippen LogP contribution >= 0.6 is 0 Å². The van der Waals surface area contributed by atoms with Gasteiger partial charge in [-0.3, -0.25) is 19.9 Å². The number of rotatable bonds is 11. The van der Waals surface area contributed by atoms with E-state index >= 15 is 0 Å². The van der Waals surface area contributed by atoms with Crippen molar-refractivity contribution in [3.05, 3.63) is 322 Å². The number of benzene rings is 12. The summed E-state index contributed by atoms with van der Waals surface area (Å²) < 4.78 is 11.5. The molecule has 0 saturated carbocycles. The normalized spacial score (nSPS) is 12.3. The Labute approximate surface area is 851 Å². The Balaban J connectivity index is 0.000000145. The summed E-state index contributed by atoms with van der Waals surface area (Å²) in [5.74, 6) is 2.16. The van der Waals surface area contributed by atoms with Crippen LogP contribution in [-0.4, -0.2) is 46.9 Å². The Bertz CT molecular complexity index is 8000. The molecule has 0 N–H and O–H groups in total. The maximum atomic E-state index is 5.15. The van der Waals surface area contributed by atoms with Crippen LogP contribution in [0.4, 0.5) is 0 Å². The molecule has 10 nitrogen and oxygen atoms in total. The van der Waals surface area contributed by atoms with Gasteiger partial charge in [0, 0.05) is 132 Å². The molecule has 700 valence electrons. The first-order valence-corrected chi connectivity index (χ1v) is 47.2. The van der Waals surface area contributed by atoms with Gasteiger partial charge >= 0.3 is 0 Å². The van der Waals surface area contributed by atoms with Crippen LogP contribution in [0.25, 0.3) is 160 Å². The largest absolute Gasteiger partial charge is 0.333 e. The van der Waals surface area contributed by atoms with E-state index in [2.05, 4.69) is 377 Å².